The number of hydrogen-bond acceptors (Lipinski definition) is 6. The summed E-state index contributed by atoms with van der Waals surface area (Å²) in [5, 5.41) is 0. The average Bonchev–Trinajstić information content (AvgIpc) is 3.43. The summed E-state index contributed by atoms with van der Waals surface area (Å²) in [6, 6.07) is 0. The molecule has 0 amide bonds. The largest absolute Gasteiger partial charge is 0.462 e. The molecule has 0 saturated heterocycles. The van der Waals surface area contributed by atoms with Crippen molar-refractivity contribution in [3.8, 4) is 0 Å². The molecular weight excluding hydrogens is 949 g/mol. The SMILES string of the molecule is CC/C=C\C/C=C\C/C=C\C/C=C\C/C=C\C/C=C\C/C=C\C/C=C\C/C=C\CCCC(=O)OCC(COC(=O)CCCCCCCCCCCCC)OC(=O)CCCCC/C=C\C/C=C\C/C=C\C/C=C\C/C=C\CC. The lowest BCUT2D eigenvalue weighted by Crippen LogP contribution is -2.30. The molecule has 0 aliphatic heterocycles. The zero-order valence-electron chi connectivity index (χ0n) is 49.1. The predicted molar refractivity (Wildman–Crippen MR) is 334 cm³/mol. The first-order valence-corrected chi connectivity index (χ1v) is 30.6. The number of esters is 3. The van der Waals surface area contributed by atoms with Gasteiger partial charge in [-0.05, 0) is 128 Å². The van der Waals surface area contributed by atoms with Crippen molar-refractivity contribution in [2.75, 3.05) is 13.2 Å². The number of carbonyl (C=O) groups is 3. The Morgan fingerprint density at radius 1 is 0.273 bits per heavy atom. The van der Waals surface area contributed by atoms with E-state index in [0.717, 1.165) is 135 Å². The first-order valence-electron chi connectivity index (χ1n) is 30.6. The second-order valence-electron chi connectivity index (χ2n) is 19.5. The van der Waals surface area contributed by atoms with Gasteiger partial charge < -0.3 is 14.2 Å². The van der Waals surface area contributed by atoms with E-state index < -0.39 is 6.10 Å². The summed E-state index contributed by atoms with van der Waals surface area (Å²) in [7, 11) is 0. The van der Waals surface area contributed by atoms with Gasteiger partial charge in [-0.3, -0.25) is 14.4 Å². The topological polar surface area (TPSA) is 78.9 Å². The van der Waals surface area contributed by atoms with Gasteiger partial charge in [-0.2, -0.15) is 0 Å². The van der Waals surface area contributed by atoms with Crippen LogP contribution in [0.1, 0.15) is 239 Å². The van der Waals surface area contributed by atoms with Crippen LogP contribution >= 0.6 is 0 Å². The zero-order chi connectivity index (χ0) is 55.7. The first kappa shape index (κ1) is 71.8. The van der Waals surface area contributed by atoms with Crippen molar-refractivity contribution in [3.63, 3.8) is 0 Å². The molecule has 0 N–H and O–H groups in total. The van der Waals surface area contributed by atoms with Crippen molar-refractivity contribution >= 4 is 17.9 Å². The lowest BCUT2D eigenvalue weighted by molar-refractivity contribution is -0.167. The Morgan fingerprint density at radius 3 is 0.844 bits per heavy atom. The van der Waals surface area contributed by atoms with E-state index in [4.69, 9.17) is 14.2 Å². The van der Waals surface area contributed by atoms with Gasteiger partial charge in [0.25, 0.3) is 0 Å². The van der Waals surface area contributed by atoms with Crippen LogP contribution in [0.2, 0.25) is 0 Å². The van der Waals surface area contributed by atoms with E-state index in [1.54, 1.807) is 0 Å². The summed E-state index contributed by atoms with van der Waals surface area (Å²) >= 11 is 0. The van der Waals surface area contributed by atoms with E-state index in [9.17, 15) is 14.4 Å². The fraction of sp³-hybridized carbons (Fsp3) is 0.563. The highest BCUT2D eigenvalue weighted by atomic mass is 16.6. The quantitative estimate of drug-likeness (QED) is 0.0261. The minimum Gasteiger partial charge on any atom is -0.462 e. The van der Waals surface area contributed by atoms with Gasteiger partial charge in [-0.15, -0.1) is 0 Å². The molecule has 0 aromatic carbocycles. The third-order valence-corrected chi connectivity index (χ3v) is 12.2. The van der Waals surface area contributed by atoms with Gasteiger partial charge in [0.15, 0.2) is 6.10 Å². The van der Waals surface area contributed by atoms with Crippen LogP contribution in [-0.2, 0) is 28.6 Å². The second kappa shape index (κ2) is 63.3. The molecule has 0 rings (SSSR count). The van der Waals surface area contributed by atoms with Crippen molar-refractivity contribution in [1.82, 2.24) is 0 Å². The van der Waals surface area contributed by atoms with E-state index in [1.165, 1.54) is 51.4 Å². The monoisotopic (exact) mass is 1060 g/mol. The molecule has 6 nitrogen and oxygen atoms in total. The Morgan fingerprint density at radius 2 is 0.519 bits per heavy atom. The molecule has 77 heavy (non-hydrogen) atoms. The summed E-state index contributed by atoms with van der Waals surface area (Å²) in [4.78, 5) is 38.2. The van der Waals surface area contributed by atoms with Crippen LogP contribution in [0.5, 0.6) is 0 Å². The molecule has 0 aliphatic carbocycles. The molecule has 0 aliphatic rings. The Labute approximate surface area is 472 Å². The normalized spacial score (nSPS) is 13.3. The first-order chi connectivity index (χ1) is 38.0. The summed E-state index contributed by atoms with van der Waals surface area (Å²) in [6.07, 6.45) is 93.6. The van der Waals surface area contributed by atoms with Crippen LogP contribution in [0, 0.1) is 0 Å². The molecule has 0 saturated carbocycles. The van der Waals surface area contributed by atoms with Gasteiger partial charge in [0.05, 0.1) is 0 Å². The number of unbranched alkanes of at least 4 members (excludes halogenated alkanes) is 14. The minimum atomic E-state index is -0.827. The lowest BCUT2D eigenvalue weighted by atomic mass is 10.1. The molecule has 0 aromatic heterocycles. The van der Waals surface area contributed by atoms with Crippen LogP contribution in [0.4, 0.5) is 0 Å². The van der Waals surface area contributed by atoms with E-state index >= 15 is 0 Å². The van der Waals surface area contributed by atoms with Crippen LogP contribution in [0.15, 0.2) is 170 Å². The molecule has 0 spiro atoms. The van der Waals surface area contributed by atoms with E-state index in [0.29, 0.717) is 19.3 Å². The minimum absolute atomic E-state index is 0.116. The van der Waals surface area contributed by atoms with Crippen molar-refractivity contribution in [3.05, 3.63) is 170 Å². The van der Waals surface area contributed by atoms with Gasteiger partial charge in [0.1, 0.15) is 13.2 Å². The van der Waals surface area contributed by atoms with Crippen LogP contribution in [0.3, 0.4) is 0 Å². The maximum Gasteiger partial charge on any atom is 0.306 e. The van der Waals surface area contributed by atoms with Gasteiger partial charge in [-0.1, -0.05) is 262 Å². The Balaban J connectivity index is 4.49. The Kier molecular flexibility index (Phi) is 59.0. The van der Waals surface area contributed by atoms with Gasteiger partial charge in [0, 0.05) is 19.3 Å². The highest BCUT2D eigenvalue weighted by Crippen LogP contribution is 2.14. The standard InChI is InChI=1S/C71H110O6/c1-4-7-10-13-16-19-22-24-26-28-30-31-32-33-34-35-36-37-38-39-41-42-44-46-49-52-55-58-61-64-70(73)76-67-68(66-75-69(72)63-60-57-54-51-48-21-18-15-12-9-6-3)77-71(74)65-62-59-56-53-50-47-45-43-40-29-27-25-23-20-17-14-11-8-5-2/h7-8,10-11,16-17,19-20,24-27,30-31,33-34,36-37,39-41,43-44,46-47,50,52,55,68H,4-6,9,12-15,18,21-23,28-29,32,35,38,42,45,48-49,51,53-54,56-67H2,1-3H3/b10-7-,11-8-,19-16-,20-17-,26-24-,27-25-,31-30-,34-33-,37-36-,41-39-,43-40-,46-44-,50-47-,55-52-. The second-order valence-corrected chi connectivity index (χ2v) is 19.5. The van der Waals surface area contributed by atoms with Gasteiger partial charge in [-0.25, -0.2) is 0 Å². The highest BCUT2D eigenvalue weighted by Gasteiger charge is 2.19. The molecule has 0 fully saturated rings. The maximum absolute atomic E-state index is 12.9. The van der Waals surface area contributed by atoms with Gasteiger partial charge in [0.2, 0.25) is 0 Å². The number of hydrogen-bond donors (Lipinski definition) is 0. The number of allylic oxidation sites excluding steroid dienone is 28. The molecule has 0 heterocycles. The van der Waals surface area contributed by atoms with E-state index in [2.05, 4.69) is 191 Å². The highest BCUT2D eigenvalue weighted by molar-refractivity contribution is 5.71. The number of rotatable bonds is 53. The van der Waals surface area contributed by atoms with Crippen molar-refractivity contribution in [2.45, 2.75) is 245 Å². The van der Waals surface area contributed by atoms with Crippen molar-refractivity contribution in [1.29, 1.82) is 0 Å². The summed E-state index contributed by atoms with van der Waals surface area (Å²) in [5.74, 6) is -1.02. The van der Waals surface area contributed by atoms with Crippen LogP contribution < -0.4 is 0 Å². The van der Waals surface area contributed by atoms with Gasteiger partial charge >= 0.3 is 17.9 Å². The summed E-state index contributed by atoms with van der Waals surface area (Å²) < 4.78 is 16.8. The maximum atomic E-state index is 12.9. The van der Waals surface area contributed by atoms with Crippen LogP contribution in [-0.4, -0.2) is 37.2 Å². The smallest absolute Gasteiger partial charge is 0.306 e. The molecule has 1 unspecified atom stereocenters. The summed E-state index contributed by atoms with van der Waals surface area (Å²) in [5.41, 5.74) is 0. The number of ether oxygens (including phenoxy) is 3. The summed E-state index contributed by atoms with van der Waals surface area (Å²) in [6.45, 7) is 6.31. The average molecular weight is 1060 g/mol. The predicted octanol–water partition coefficient (Wildman–Crippen LogP) is 21.1. The lowest BCUT2D eigenvalue weighted by Gasteiger charge is -2.18. The van der Waals surface area contributed by atoms with Crippen molar-refractivity contribution < 1.29 is 28.6 Å². The van der Waals surface area contributed by atoms with E-state index in [-0.39, 0.29) is 44.0 Å². The number of carbonyl (C=O) groups excluding carboxylic acids is 3. The van der Waals surface area contributed by atoms with Crippen LogP contribution in [0.25, 0.3) is 0 Å². The van der Waals surface area contributed by atoms with E-state index in [1.807, 2.05) is 0 Å². The fourth-order valence-electron chi connectivity index (χ4n) is 7.70. The fourth-order valence-corrected chi connectivity index (χ4v) is 7.70. The van der Waals surface area contributed by atoms with Crippen molar-refractivity contribution in [2.24, 2.45) is 0 Å². The zero-order valence-corrected chi connectivity index (χ0v) is 49.1. The molecule has 0 radical (unpaired) electrons. The third kappa shape index (κ3) is 61.5. The molecular formula is C71H110O6. The molecule has 430 valence electrons. The third-order valence-electron chi connectivity index (χ3n) is 12.2. The molecule has 1 atom stereocenters. The molecule has 6 heteroatoms. The Hall–Kier alpha value is -5.23. The Bertz CT molecular complexity index is 1790. The molecule has 0 aromatic rings. The molecule has 0 bridgehead atoms.